The predicted octanol–water partition coefficient (Wildman–Crippen LogP) is 12.5. The van der Waals surface area contributed by atoms with Gasteiger partial charge >= 0.3 is 0 Å². The van der Waals surface area contributed by atoms with Crippen LogP contribution in [0, 0.1) is 17.8 Å². The van der Waals surface area contributed by atoms with E-state index in [9.17, 15) is 0 Å². The second kappa shape index (κ2) is 14.7. The molecule has 12 rings (SSSR count). The third-order valence-corrected chi connectivity index (χ3v) is 15.7. The number of hydrogen-bond donors (Lipinski definition) is 0. The second-order valence-corrected chi connectivity index (χ2v) is 18.7. The standard InChI is InChI=1S/C56H51NOS/c1-2-13-37(14-3-1)44-22-11-23-49-50-24-12-25-52(56(50)59-55(44)49)57(40-30-27-38(28-31-40)42-21-10-16-36-15-4-5-17-41(36)42)51-34-33-43(45-18-6-7-19-46(45)51)39-29-32-48-47-20-8-9-26-53(47)58-54(48)35-39/h2,4,6-7,9-11,13-16,18-19,21-24,26-30,32,35,40,43,45,48,54H,1,3,5,8,12,17,20,25,31,33-34H2. The maximum atomic E-state index is 6.61. The molecule has 9 aliphatic rings. The average Bonchev–Trinajstić information content (AvgIpc) is 3.88. The maximum Gasteiger partial charge on any atom is 0.128 e. The molecule has 0 amide bonds. The highest BCUT2D eigenvalue weighted by Crippen LogP contribution is 2.49. The molecule has 0 N–H and O–H groups in total. The Bertz CT molecular complexity index is 2810. The van der Waals surface area contributed by atoms with Crippen LogP contribution >= 0.6 is 11.3 Å². The normalized spacial score (nSPS) is 27.4. The van der Waals surface area contributed by atoms with Gasteiger partial charge in [-0.3, -0.25) is 0 Å². The molecule has 8 aliphatic carbocycles. The maximum absolute atomic E-state index is 6.61. The van der Waals surface area contributed by atoms with E-state index >= 15 is 0 Å². The van der Waals surface area contributed by atoms with Crippen molar-refractivity contribution in [3.8, 4) is 0 Å². The van der Waals surface area contributed by atoms with Crippen molar-refractivity contribution in [3.63, 3.8) is 0 Å². The minimum absolute atomic E-state index is 0.126. The largest absolute Gasteiger partial charge is 0.485 e. The van der Waals surface area contributed by atoms with Crippen molar-refractivity contribution in [2.24, 2.45) is 17.8 Å². The summed E-state index contributed by atoms with van der Waals surface area (Å²) in [6.45, 7) is 0. The van der Waals surface area contributed by atoms with E-state index in [-0.39, 0.29) is 12.1 Å². The summed E-state index contributed by atoms with van der Waals surface area (Å²) >= 11 is 2.04. The fourth-order valence-electron chi connectivity index (χ4n) is 11.6. The van der Waals surface area contributed by atoms with E-state index < -0.39 is 0 Å². The first-order valence-corrected chi connectivity index (χ1v) is 23.2. The zero-order chi connectivity index (χ0) is 38.9. The van der Waals surface area contributed by atoms with Gasteiger partial charge in [-0.15, -0.1) is 11.3 Å². The van der Waals surface area contributed by atoms with Crippen LogP contribution in [0.25, 0.3) is 39.1 Å². The number of hydrogen-bond acceptors (Lipinski definition) is 3. The molecule has 0 fully saturated rings. The summed E-state index contributed by atoms with van der Waals surface area (Å²) in [7, 11) is 0. The van der Waals surface area contributed by atoms with E-state index in [0.717, 1.165) is 76.4 Å². The second-order valence-electron chi connectivity index (χ2n) is 17.6. The Morgan fingerprint density at radius 1 is 0.661 bits per heavy atom. The number of benzene rings is 2. The van der Waals surface area contributed by atoms with Crippen LogP contribution in [-0.4, -0.2) is 17.0 Å². The van der Waals surface area contributed by atoms with E-state index in [1.807, 2.05) is 11.3 Å². The lowest BCUT2D eigenvalue weighted by Crippen LogP contribution is -2.41. The molecule has 1 aliphatic heterocycles. The molecule has 2 aromatic carbocycles. The fourth-order valence-corrected chi connectivity index (χ4v) is 13.1. The summed E-state index contributed by atoms with van der Waals surface area (Å²) in [5.74, 6) is 2.28. The summed E-state index contributed by atoms with van der Waals surface area (Å²) in [5.41, 5.74) is 15.9. The van der Waals surface area contributed by atoms with Gasteiger partial charge in [-0.2, -0.15) is 0 Å². The third-order valence-electron chi connectivity index (χ3n) is 14.4. The molecule has 0 radical (unpaired) electrons. The first-order valence-electron chi connectivity index (χ1n) is 22.4. The predicted molar refractivity (Wildman–Crippen MR) is 248 cm³/mol. The van der Waals surface area contributed by atoms with Gasteiger partial charge in [-0.25, -0.2) is 0 Å². The van der Waals surface area contributed by atoms with Gasteiger partial charge in [0.1, 0.15) is 11.9 Å². The summed E-state index contributed by atoms with van der Waals surface area (Å²) in [5, 5.41) is 2.86. The van der Waals surface area contributed by atoms with Crippen molar-refractivity contribution in [1.29, 1.82) is 0 Å². The van der Waals surface area contributed by atoms with Crippen molar-refractivity contribution < 1.29 is 4.74 Å². The van der Waals surface area contributed by atoms with Gasteiger partial charge in [-0.1, -0.05) is 134 Å². The highest BCUT2D eigenvalue weighted by Gasteiger charge is 2.40. The average molecular weight is 786 g/mol. The molecule has 5 unspecified atom stereocenters. The zero-order valence-electron chi connectivity index (χ0n) is 33.8. The molecule has 5 atom stereocenters. The van der Waals surface area contributed by atoms with Crippen LogP contribution < -0.4 is 9.75 Å². The molecule has 0 saturated carbocycles. The summed E-state index contributed by atoms with van der Waals surface area (Å²) < 4.78 is 9.51. The van der Waals surface area contributed by atoms with Crippen LogP contribution in [0.1, 0.15) is 86.5 Å². The monoisotopic (exact) mass is 785 g/mol. The van der Waals surface area contributed by atoms with Crippen molar-refractivity contribution in [1.82, 2.24) is 4.90 Å². The minimum Gasteiger partial charge on any atom is -0.485 e. The molecular formula is C56H51NOS. The lowest BCUT2D eigenvalue weighted by Gasteiger charge is -2.44. The number of allylic oxidation sites excluding steroid dienone is 17. The van der Waals surface area contributed by atoms with Gasteiger partial charge in [0.25, 0.3) is 0 Å². The lowest BCUT2D eigenvalue weighted by atomic mass is 9.69. The molecule has 0 spiro atoms. The number of thiophene rings is 1. The topological polar surface area (TPSA) is 12.5 Å². The van der Waals surface area contributed by atoms with Crippen LogP contribution in [-0.2, 0) is 11.2 Å². The van der Waals surface area contributed by atoms with Gasteiger partial charge < -0.3 is 9.64 Å². The summed E-state index contributed by atoms with van der Waals surface area (Å²) in [6.07, 6.45) is 55.5. The molecule has 292 valence electrons. The Labute approximate surface area is 352 Å². The third kappa shape index (κ3) is 6.02. The first-order chi connectivity index (χ1) is 29.3. The molecule has 59 heavy (non-hydrogen) atoms. The smallest absolute Gasteiger partial charge is 0.128 e. The van der Waals surface area contributed by atoms with Gasteiger partial charge in [0.15, 0.2) is 0 Å². The van der Waals surface area contributed by atoms with E-state index in [1.54, 1.807) is 0 Å². The van der Waals surface area contributed by atoms with Crippen LogP contribution in [0.4, 0.5) is 0 Å². The van der Waals surface area contributed by atoms with Crippen LogP contribution in [0.2, 0.25) is 0 Å². The van der Waals surface area contributed by atoms with E-state index in [0.29, 0.717) is 17.8 Å². The SMILES string of the molecule is C1=CC2=C(N(C3=c4sc5c(C6=CCCC=C6)cccc5c4=CCC3)C3C=CC(c4cccc5c4CCC=C5)=CC3)CCC(C3=CC4OC5=C(CCC=C5)C4C=C3)C2C=C1. The molecule has 0 bridgehead atoms. The highest BCUT2D eigenvalue weighted by molar-refractivity contribution is 7.17. The number of ether oxygens (including phenoxy) is 1. The number of fused-ring (bicyclic) bond motifs is 7. The number of nitrogens with zero attached hydrogens (tertiary/aromatic N) is 1. The first kappa shape index (κ1) is 35.6. The Kier molecular flexibility index (Phi) is 8.87. The van der Waals surface area contributed by atoms with Gasteiger partial charge in [-0.05, 0) is 144 Å². The van der Waals surface area contributed by atoms with Crippen LogP contribution in [0.5, 0.6) is 0 Å². The van der Waals surface area contributed by atoms with E-state index in [2.05, 4.69) is 151 Å². The Balaban J connectivity index is 0.972. The zero-order valence-corrected chi connectivity index (χ0v) is 34.6. The number of rotatable bonds is 6. The van der Waals surface area contributed by atoms with Crippen molar-refractivity contribution >= 4 is 50.4 Å². The van der Waals surface area contributed by atoms with E-state index in [1.165, 1.54) is 81.4 Å². The molecule has 2 heterocycles. The van der Waals surface area contributed by atoms with Crippen molar-refractivity contribution in [3.05, 3.63) is 194 Å². The van der Waals surface area contributed by atoms with Crippen molar-refractivity contribution in [2.75, 3.05) is 0 Å². The summed E-state index contributed by atoms with van der Waals surface area (Å²) in [6, 6.07) is 14.1. The van der Waals surface area contributed by atoms with Crippen molar-refractivity contribution in [2.45, 2.75) is 82.8 Å². The Morgan fingerprint density at radius 2 is 1.56 bits per heavy atom. The minimum atomic E-state index is 0.126. The van der Waals surface area contributed by atoms with Crippen LogP contribution in [0.3, 0.4) is 0 Å². The molecule has 1 aromatic heterocycles. The Morgan fingerprint density at radius 3 is 2.49 bits per heavy atom. The van der Waals surface area contributed by atoms with E-state index in [4.69, 9.17) is 4.74 Å². The Hall–Kier alpha value is -5.38. The molecular weight excluding hydrogens is 735 g/mol. The molecule has 0 saturated heterocycles. The molecule has 3 heteroatoms. The van der Waals surface area contributed by atoms with Gasteiger partial charge in [0, 0.05) is 33.3 Å². The quantitative estimate of drug-likeness (QED) is 0.247. The lowest BCUT2D eigenvalue weighted by molar-refractivity contribution is 0.171. The van der Waals surface area contributed by atoms with Gasteiger partial charge in [0.2, 0.25) is 0 Å². The molecule has 2 nitrogen and oxygen atoms in total. The highest BCUT2D eigenvalue weighted by atomic mass is 32.1. The fraction of sp³-hybridized carbons (Fsp3) is 0.286. The molecule has 3 aromatic rings. The van der Waals surface area contributed by atoms with Gasteiger partial charge in [0.05, 0.1) is 10.6 Å². The van der Waals surface area contributed by atoms with Crippen LogP contribution in [0.15, 0.2) is 162 Å². The summed E-state index contributed by atoms with van der Waals surface area (Å²) in [4.78, 5) is 2.86.